The van der Waals surface area contributed by atoms with E-state index in [1.807, 2.05) is 18.2 Å². The standard InChI is InChI=1S/C18H15N3O2/c1-23-15-7-5-14(6-8-15)17(22)10-13-11-20-18(21-12-13)16-4-2-3-9-19-16/h2-9,11-12H,10H2,1H3. The Hall–Kier alpha value is -3.08. The number of hydrogen-bond donors (Lipinski definition) is 0. The molecule has 5 nitrogen and oxygen atoms in total. The molecule has 0 unspecified atom stereocenters. The van der Waals surface area contributed by atoms with Gasteiger partial charge in [-0.05, 0) is 42.0 Å². The van der Waals surface area contributed by atoms with Gasteiger partial charge in [0.05, 0.1) is 7.11 Å². The second-order valence-corrected chi connectivity index (χ2v) is 4.96. The summed E-state index contributed by atoms with van der Waals surface area (Å²) >= 11 is 0. The average molecular weight is 305 g/mol. The summed E-state index contributed by atoms with van der Waals surface area (Å²) in [5.41, 5.74) is 2.12. The molecule has 0 aliphatic rings. The first-order valence-electron chi connectivity index (χ1n) is 7.16. The maximum atomic E-state index is 12.3. The van der Waals surface area contributed by atoms with Crippen molar-refractivity contribution in [3.05, 3.63) is 72.2 Å². The van der Waals surface area contributed by atoms with E-state index in [4.69, 9.17) is 4.74 Å². The van der Waals surface area contributed by atoms with Crippen LogP contribution in [-0.4, -0.2) is 27.8 Å². The molecule has 2 heterocycles. The van der Waals surface area contributed by atoms with Crippen LogP contribution in [0.4, 0.5) is 0 Å². The van der Waals surface area contributed by atoms with Crippen LogP contribution in [0.25, 0.3) is 11.5 Å². The van der Waals surface area contributed by atoms with E-state index < -0.39 is 0 Å². The Morgan fingerprint density at radius 1 is 1.00 bits per heavy atom. The Labute approximate surface area is 134 Å². The molecule has 2 aromatic heterocycles. The van der Waals surface area contributed by atoms with Crippen molar-refractivity contribution < 1.29 is 9.53 Å². The van der Waals surface area contributed by atoms with Crippen LogP contribution in [0, 0.1) is 0 Å². The van der Waals surface area contributed by atoms with E-state index in [1.165, 1.54) is 0 Å². The molecule has 114 valence electrons. The molecule has 0 radical (unpaired) electrons. The molecule has 0 spiro atoms. The summed E-state index contributed by atoms with van der Waals surface area (Å²) < 4.78 is 5.09. The van der Waals surface area contributed by atoms with Crippen molar-refractivity contribution in [1.29, 1.82) is 0 Å². The van der Waals surface area contributed by atoms with E-state index in [-0.39, 0.29) is 12.2 Å². The van der Waals surface area contributed by atoms with Gasteiger partial charge in [-0.15, -0.1) is 0 Å². The Kier molecular flexibility index (Phi) is 4.38. The van der Waals surface area contributed by atoms with Crippen molar-refractivity contribution >= 4 is 5.78 Å². The number of ketones is 1. The maximum absolute atomic E-state index is 12.3. The van der Waals surface area contributed by atoms with Crippen LogP contribution >= 0.6 is 0 Å². The number of rotatable bonds is 5. The highest BCUT2D eigenvalue weighted by Gasteiger charge is 2.09. The fraction of sp³-hybridized carbons (Fsp3) is 0.111. The van der Waals surface area contributed by atoms with Gasteiger partial charge in [-0.3, -0.25) is 9.78 Å². The van der Waals surface area contributed by atoms with E-state index in [1.54, 1.807) is 50.0 Å². The number of hydrogen-bond acceptors (Lipinski definition) is 5. The van der Waals surface area contributed by atoms with Crippen molar-refractivity contribution in [2.24, 2.45) is 0 Å². The van der Waals surface area contributed by atoms with E-state index in [2.05, 4.69) is 15.0 Å². The van der Waals surface area contributed by atoms with Gasteiger partial charge in [0.1, 0.15) is 11.4 Å². The van der Waals surface area contributed by atoms with Crippen molar-refractivity contribution in [2.45, 2.75) is 6.42 Å². The lowest BCUT2D eigenvalue weighted by molar-refractivity contribution is 0.0992. The van der Waals surface area contributed by atoms with Crippen LogP contribution in [0.15, 0.2) is 61.1 Å². The maximum Gasteiger partial charge on any atom is 0.178 e. The van der Waals surface area contributed by atoms with Crippen LogP contribution in [0.3, 0.4) is 0 Å². The van der Waals surface area contributed by atoms with Crippen LogP contribution in [-0.2, 0) is 6.42 Å². The van der Waals surface area contributed by atoms with Crippen molar-refractivity contribution in [3.63, 3.8) is 0 Å². The largest absolute Gasteiger partial charge is 0.497 e. The number of aromatic nitrogens is 3. The van der Waals surface area contributed by atoms with Gasteiger partial charge >= 0.3 is 0 Å². The number of Topliss-reactive ketones (excluding diaryl/α,β-unsaturated/α-hetero) is 1. The van der Waals surface area contributed by atoms with Crippen molar-refractivity contribution in [3.8, 4) is 17.3 Å². The highest BCUT2D eigenvalue weighted by atomic mass is 16.5. The second kappa shape index (κ2) is 6.79. The van der Waals surface area contributed by atoms with Crippen LogP contribution < -0.4 is 4.74 Å². The molecule has 3 rings (SSSR count). The first-order chi connectivity index (χ1) is 11.3. The molecule has 0 saturated carbocycles. The quantitative estimate of drug-likeness (QED) is 0.678. The van der Waals surface area contributed by atoms with E-state index >= 15 is 0 Å². The van der Waals surface area contributed by atoms with Gasteiger partial charge < -0.3 is 4.74 Å². The van der Waals surface area contributed by atoms with Crippen molar-refractivity contribution in [1.82, 2.24) is 15.0 Å². The Bertz CT molecular complexity index is 785. The average Bonchev–Trinajstić information content (AvgIpc) is 2.63. The summed E-state index contributed by atoms with van der Waals surface area (Å²) in [7, 11) is 1.59. The molecule has 0 bridgehead atoms. The van der Waals surface area contributed by atoms with Gasteiger partial charge in [0.25, 0.3) is 0 Å². The van der Waals surface area contributed by atoms with Gasteiger partial charge in [-0.2, -0.15) is 0 Å². The highest BCUT2D eigenvalue weighted by Crippen LogP contribution is 2.14. The number of ether oxygens (including phenoxy) is 1. The predicted octanol–water partition coefficient (Wildman–Crippen LogP) is 2.97. The molecule has 0 aliphatic carbocycles. The fourth-order valence-electron chi connectivity index (χ4n) is 2.14. The predicted molar refractivity (Wildman–Crippen MR) is 86.3 cm³/mol. The highest BCUT2D eigenvalue weighted by molar-refractivity contribution is 5.97. The first kappa shape index (κ1) is 14.8. The first-order valence-corrected chi connectivity index (χ1v) is 7.16. The fourth-order valence-corrected chi connectivity index (χ4v) is 2.14. The molecule has 3 aromatic rings. The number of benzene rings is 1. The molecule has 23 heavy (non-hydrogen) atoms. The number of pyridine rings is 1. The summed E-state index contributed by atoms with van der Waals surface area (Å²) in [4.78, 5) is 25.0. The topological polar surface area (TPSA) is 65.0 Å². The molecule has 0 amide bonds. The number of methoxy groups -OCH3 is 1. The van der Waals surface area contributed by atoms with Gasteiger partial charge in [-0.25, -0.2) is 9.97 Å². The molecule has 0 saturated heterocycles. The van der Waals surface area contributed by atoms with Crippen LogP contribution in [0.1, 0.15) is 15.9 Å². The molecular formula is C18H15N3O2. The molecule has 5 heteroatoms. The molecule has 0 N–H and O–H groups in total. The molecule has 0 fully saturated rings. The second-order valence-electron chi connectivity index (χ2n) is 4.96. The SMILES string of the molecule is COc1ccc(C(=O)Cc2cnc(-c3ccccn3)nc2)cc1. The van der Waals surface area contributed by atoms with Crippen molar-refractivity contribution in [2.75, 3.05) is 7.11 Å². The monoisotopic (exact) mass is 305 g/mol. The minimum atomic E-state index is 0.0156. The number of nitrogens with zero attached hydrogens (tertiary/aromatic N) is 3. The summed E-state index contributed by atoms with van der Waals surface area (Å²) in [6.07, 6.45) is 5.28. The minimum absolute atomic E-state index is 0.0156. The lowest BCUT2D eigenvalue weighted by Gasteiger charge is -2.04. The summed E-state index contributed by atoms with van der Waals surface area (Å²) in [6.45, 7) is 0. The van der Waals surface area contributed by atoms with Gasteiger partial charge in [0.15, 0.2) is 11.6 Å². The Morgan fingerprint density at radius 2 is 1.74 bits per heavy atom. The smallest absolute Gasteiger partial charge is 0.178 e. The van der Waals surface area contributed by atoms with E-state index in [0.29, 0.717) is 17.1 Å². The lowest BCUT2D eigenvalue weighted by atomic mass is 10.1. The molecule has 0 atom stereocenters. The van der Waals surface area contributed by atoms with Crippen LogP contribution in [0.5, 0.6) is 5.75 Å². The zero-order chi connectivity index (χ0) is 16.1. The zero-order valence-corrected chi connectivity index (χ0v) is 12.6. The molecule has 1 aromatic carbocycles. The van der Waals surface area contributed by atoms with Crippen LogP contribution in [0.2, 0.25) is 0 Å². The van der Waals surface area contributed by atoms with Gasteiger partial charge in [0, 0.05) is 30.6 Å². The van der Waals surface area contributed by atoms with E-state index in [9.17, 15) is 4.79 Å². The van der Waals surface area contributed by atoms with Gasteiger partial charge in [0.2, 0.25) is 0 Å². The third-order valence-electron chi connectivity index (χ3n) is 3.38. The Morgan fingerprint density at radius 3 is 2.35 bits per heavy atom. The third-order valence-corrected chi connectivity index (χ3v) is 3.38. The number of carbonyl (C=O) groups excluding carboxylic acids is 1. The summed E-state index contributed by atoms with van der Waals surface area (Å²) in [5, 5.41) is 0. The normalized spacial score (nSPS) is 10.3. The third kappa shape index (κ3) is 3.58. The molecular weight excluding hydrogens is 290 g/mol. The summed E-state index contributed by atoms with van der Waals surface area (Å²) in [6, 6.07) is 12.6. The molecule has 0 aliphatic heterocycles. The van der Waals surface area contributed by atoms with Gasteiger partial charge in [-0.1, -0.05) is 6.07 Å². The number of carbonyl (C=O) groups is 1. The van der Waals surface area contributed by atoms with E-state index in [0.717, 1.165) is 11.3 Å². The Balaban J connectivity index is 1.71. The zero-order valence-electron chi connectivity index (χ0n) is 12.6. The minimum Gasteiger partial charge on any atom is -0.497 e. The summed E-state index contributed by atoms with van der Waals surface area (Å²) in [5.74, 6) is 1.29. The lowest BCUT2D eigenvalue weighted by Crippen LogP contribution is -2.05.